The minimum Gasteiger partial charge on any atom is -0.304 e. The second-order valence-electron chi connectivity index (χ2n) is 9.06. The van der Waals surface area contributed by atoms with E-state index in [1.807, 2.05) is 0 Å². The molecule has 0 aromatic rings. The third kappa shape index (κ3) is 20.1. The van der Waals surface area contributed by atoms with E-state index in [0.717, 1.165) is 5.92 Å². The Morgan fingerprint density at radius 3 is 1.12 bits per heavy atom. The van der Waals surface area contributed by atoms with Crippen molar-refractivity contribution in [2.75, 3.05) is 13.6 Å². The lowest BCUT2D eigenvalue weighted by Crippen LogP contribution is -2.27. The normalized spacial score (nSPS) is 12.0. The van der Waals surface area contributed by atoms with Crippen LogP contribution in [-0.4, -0.2) is 24.5 Å². The topological polar surface area (TPSA) is 3.24 Å². The van der Waals surface area contributed by atoms with Gasteiger partial charge in [0.1, 0.15) is 0 Å². The van der Waals surface area contributed by atoms with Crippen LogP contribution in [0.5, 0.6) is 0 Å². The van der Waals surface area contributed by atoms with E-state index in [-0.39, 0.29) is 0 Å². The number of hydrogen-bond donors (Lipinski definition) is 0. The van der Waals surface area contributed by atoms with Crippen LogP contribution in [0.3, 0.4) is 0 Å². The summed E-state index contributed by atoms with van der Waals surface area (Å²) in [5, 5.41) is 0. The number of rotatable bonds is 19. The second-order valence-corrected chi connectivity index (χ2v) is 9.06. The molecule has 0 bridgehead atoms. The van der Waals surface area contributed by atoms with Crippen molar-refractivity contribution >= 4 is 0 Å². The van der Waals surface area contributed by atoms with Crippen LogP contribution in [0.4, 0.5) is 0 Å². The monoisotopic (exact) mass is 353 g/mol. The van der Waals surface area contributed by atoms with Gasteiger partial charge >= 0.3 is 0 Å². The molecule has 152 valence electrons. The molecule has 0 aromatic heterocycles. The molecule has 0 aliphatic heterocycles. The van der Waals surface area contributed by atoms with Crippen molar-refractivity contribution in [1.82, 2.24) is 4.90 Å². The molecule has 0 aromatic carbocycles. The van der Waals surface area contributed by atoms with E-state index in [9.17, 15) is 0 Å². The van der Waals surface area contributed by atoms with Crippen molar-refractivity contribution in [2.24, 2.45) is 5.92 Å². The highest BCUT2D eigenvalue weighted by atomic mass is 15.1. The van der Waals surface area contributed by atoms with Crippen LogP contribution < -0.4 is 0 Å². The van der Waals surface area contributed by atoms with Crippen molar-refractivity contribution < 1.29 is 0 Å². The quantitative estimate of drug-likeness (QED) is 0.211. The molecule has 0 heterocycles. The standard InChI is InChI=1S/C24H51N/c1-23(2)21-19-17-15-13-11-9-7-6-8-10-12-14-16-18-20-22-25(5)24(3)4/h23-24H,6-22H2,1-5H3. The fourth-order valence-electron chi connectivity index (χ4n) is 3.47. The van der Waals surface area contributed by atoms with Gasteiger partial charge in [-0.3, -0.25) is 0 Å². The van der Waals surface area contributed by atoms with Crippen molar-refractivity contribution in [3.8, 4) is 0 Å². The van der Waals surface area contributed by atoms with E-state index in [4.69, 9.17) is 0 Å². The molecule has 0 N–H and O–H groups in total. The Balaban J connectivity index is 3.05. The zero-order chi connectivity index (χ0) is 18.8. The van der Waals surface area contributed by atoms with Crippen LogP contribution in [0.1, 0.15) is 130 Å². The molecule has 1 nitrogen and oxygen atoms in total. The summed E-state index contributed by atoms with van der Waals surface area (Å²) in [6.07, 6.45) is 23.3. The fraction of sp³-hybridized carbons (Fsp3) is 1.00. The first-order valence-electron chi connectivity index (χ1n) is 11.7. The molecular formula is C24H51N. The maximum atomic E-state index is 2.46. The summed E-state index contributed by atoms with van der Waals surface area (Å²) in [5.74, 6) is 0.895. The Morgan fingerprint density at radius 1 is 0.480 bits per heavy atom. The van der Waals surface area contributed by atoms with Gasteiger partial charge in [-0.1, -0.05) is 110 Å². The predicted octanol–water partition coefficient (Wildman–Crippen LogP) is 8.22. The van der Waals surface area contributed by atoms with E-state index in [1.165, 1.54) is 109 Å². The second kappa shape index (κ2) is 18.7. The molecule has 0 aliphatic carbocycles. The van der Waals surface area contributed by atoms with E-state index in [1.54, 1.807) is 0 Å². The van der Waals surface area contributed by atoms with Crippen LogP contribution >= 0.6 is 0 Å². The third-order valence-corrected chi connectivity index (χ3v) is 5.67. The molecule has 0 fully saturated rings. The highest BCUT2D eigenvalue weighted by Crippen LogP contribution is 2.14. The Bertz CT molecular complexity index is 246. The molecule has 25 heavy (non-hydrogen) atoms. The lowest BCUT2D eigenvalue weighted by atomic mass is 10.0. The zero-order valence-corrected chi connectivity index (χ0v) is 18.6. The number of hydrogen-bond acceptors (Lipinski definition) is 1. The van der Waals surface area contributed by atoms with Crippen LogP contribution in [0.2, 0.25) is 0 Å². The SMILES string of the molecule is CC(C)CCCCCCCCCCCCCCCCCN(C)C(C)C. The van der Waals surface area contributed by atoms with Gasteiger partial charge in [0, 0.05) is 6.04 Å². The van der Waals surface area contributed by atoms with Gasteiger partial charge < -0.3 is 4.90 Å². The number of unbranched alkanes of at least 4 members (excludes halogenated alkanes) is 14. The van der Waals surface area contributed by atoms with Crippen LogP contribution in [-0.2, 0) is 0 Å². The summed E-state index contributed by atoms with van der Waals surface area (Å²) in [6.45, 7) is 10.5. The Kier molecular flexibility index (Phi) is 18.7. The maximum Gasteiger partial charge on any atom is 0.00355 e. The van der Waals surface area contributed by atoms with Gasteiger partial charge in [-0.05, 0) is 39.8 Å². The summed E-state index contributed by atoms with van der Waals surface area (Å²) >= 11 is 0. The molecule has 0 spiro atoms. The largest absolute Gasteiger partial charge is 0.304 e. The Labute approximate surface area is 161 Å². The zero-order valence-electron chi connectivity index (χ0n) is 18.6. The van der Waals surface area contributed by atoms with Gasteiger partial charge in [-0.2, -0.15) is 0 Å². The third-order valence-electron chi connectivity index (χ3n) is 5.67. The minimum atomic E-state index is 0.699. The van der Waals surface area contributed by atoms with Crippen molar-refractivity contribution in [3.05, 3.63) is 0 Å². The number of nitrogens with zero attached hydrogens (tertiary/aromatic N) is 1. The summed E-state index contributed by atoms with van der Waals surface area (Å²) in [4.78, 5) is 2.46. The van der Waals surface area contributed by atoms with Crippen LogP contribution in [0.25, 0.3) is 0 Å². The van der Waals surface area contributed by atoms with Crippen LogP contribution in [0.15, 0.2) is 0 Å². The van der Waals surface area contributed by atoms with Gasteiger partial charge in [0.05, 0.1) is 0 Å². The molecule has 0 radical (unpaired) electrons. The predicted molar refractivity (Wildman–Crippen MR) is 116 cm³/mol. The van der Waals surface area contributed by atoms with Crippen molar-refractivity contribution in [3.63, 3.8) is 0 Å². The highest BCUT2D eigenvalue weighted by molar-refractivity contribution is 4.57. The summed E-state index contributed by atoms with van der Waals surface area (Å²) in [7, 11) is 2.25. The Hall–Kier alpha value is -0.0400. The lowest BCUT2D eigenvalue weighted by Gasteiger charge is -2.20. The molecular weight excluding hydrogens is 302 g/mol. The molecule has 0 saturated carbocycles. The summed E-state index contributed by atoms with van der Waals surface area (Å²) in [6, 6.07) is 0.699. The summed E-state index contributed by atoms with van der Waals surface area (Å²) in [5.41, 5.74) is 0. The fourth-order valence-corrected chi connectivity index (χ4v) is 3.47. The minimum absolute atomic E-state index is 0.699. The van der Waals surface area contributed by atoms with E-state index in [0.29, 0.717) is 6.04 Å². The van der Waals surface area contributed by atoms with Gasteiger partial charge in [0.2, 0.25) is 0 Å². The highest BCUT2D eigenvalue weighted by Gasteiger charge is 2.01. The maximum absolute atomic E-state index is 2.46. The van der Waals surface area contributed by atoms with Gasteiger partial charge in [0.25, 0.3) is 0 Å². The molecule has 0 unspecified atom stereocenters. The Morgan fingerprint density at radius 2 is 0.800 bits per heavy atom. The smallest absolute Gasteiger partial charge is 0.00355 e. The molecule has 0 saturated heterocycles. The van der Waals surface area contributed by atoms with E-state index in [2.05, 4.69) is 39.6 Å². The average Bonchev–Trinajstić information content (AvgIpc) is 2.57. The van der Waals surface area contributed by atoms with E-state index >= 15 is 0 Å². The average molecular weight is 354 g/mol. The molecule has 0 amide bonds. The van der Waals surface area contributed by atoms with Crippen molar-refractivity contribution in [1.29, 1.82) is 0 Å². The van der Waals surface area contributed by atoms with Gasteiger partial charge in [-0.15, -0.1) is 0 Å². The van der Waals surface area contributed by atoms with Crippen LogP contribution in [0, 0.1) is 5.92 Å². The van der Waals surface area contributed by atoms with Gasteiger partial charge in [-0.25, -0.2) is 0 Å². The van der Waals surface area contributed by atoms with Gasteiger partial charge in [0.15, 0.2) is 0 Å². The molecule has 0 rings (SSSR count). The lowest BCUT2D eigenvalue weighted by molar-refractivity contribution is 0.267. The van der Waals surface area contributed by atoms with E-state index < -0.39 is 0 Å². The van der Waals surface area contributed by atoms with Crippen molar-refractivity contribution in [2.45, 2.75) is 136 Å². The summed E-state index contributed by atoms with van der Waals surface area (Å²) < 4.78 is 0. The molecule has 0 atom stereocenters. The first kappa shape index (κ1) is 25.0. The molecule has 1 heteroatoms. The molecule has 0 aliphatic rings. The first-order chi connectivity index (χ1) is 12.0. The first-order valence-corrected chi connectivity index (χ1v) is 11.7.